The lowest BCUT2D eigenvalue weighted by atomic mass is 10.1. The van der Waals surface area contributed by atoms with Crippen LogP contribution >= 0.6 is 11.8 Å². The summed E-state index contributed by atoms with van der Waals surface area (Å²) in [6, 6.07) is 1.66. The molecular weight excluding hydrogens is 224 g/mol. The predicted octanol–water partition coefficient (Wildman–Crippen LogP) is 1.21. The van der Waals surface area contributed by atoms with Crippen molar-refractivity contribution in [3.63, 3.8) is 0 Å². The molecule has 0 radical (unpaired) electrons. The maximum absolute atomic E-state index is 9.64. The number of aromatic nitrogens is 2. The van der Waals surface area contributed by atoms with Crippen LogP contribution in [0.3, 0.4) is 0 Å². The molecule has 1 aromatic rings. The Labute approximate surface area is 99.9 Å². The van der Waals surface area contributed by atoms with Crippen LogP contribution in [0.1, 0.15) is 13.8 Å². The highest BCUT2D eigenvalue weighted by Crippen LogP contribution is 2.15. The zero-order valence-electron chi connectivity index (χ0n) is 9.77. The molecule has 90 valence electrons. The maximum atomic E-state index is 9.64. The Morgan fingerprint density at radius 1 is 1.50 bits per heavy atom. The summed E-state index contributed by atoms with van der Waals surface area (Å²) in [6.07, 6.45) is 1.50. The maximum Gasteiger partial charge on any atom is 0.191 e. The molecule has 1 unspecified atom stereocenters. The van der Waals surface area contributed by atoms with Gasteiger partial charge in [0, 0.05) is 12.6 Å². The Bertz CT molecular complexity index is 346. The first kappa shape index (κ1) is 13.1. The van der Waals surface area contributed by atoms with Gasteiger partial charge in [0.1, 0.15) is 11.6 Å². The van der Waals surface area contributed by atoms with Crippen molar-refractivity contribution in [1.82, 2.24) is 9.97 Å². The van der Waals surface area contributed by atoms with E-state index in [1.165, 1.54) is 11.8 Å². The summed E-state index contributed by atoms with van der Waals surface area (Å²) in [5.74, 6) is 1.30. The van der Waals surface area contributed by atoms with E-state index in [1.54, 1.807) is 6.07 Å². The minimum atomic E-state index is -0.395. The zero-order chi connectivity index (χ0) is 12.1. The largest absolute Gasteiger partial charge is 0.391 e. The van der Waals surface area contributed by atoms with Crippen molar-refractivity contribution in [2.75, 3.05) is 23.9 Å². The molecule has 1 rings (SSSR count). The Balaban J connectivity index is 2.63. The van der Waals surface area contributed by atoms with Gasteiger partial charge in [-0.15, -0.1) is 0 Å². The Kier molecular flexibility index (Phi) is 4.82. The van der Waals surface area contributed by atoms with E-state index >= 15 is 0 Å². The molecule has 0 spiro atoms. The van der Waals surface area contributed by atoms with E-state index < -0.39 is 6.10 Å². The summed E-state index contributed by atoms with van der Waals surface area (Å²) in [7, 11) is 0. The van der Waals surface area contributed by atoms with E-state index in [4.69, 9.17) is 5.73 Å². The van der Waals surface area contributed by atoms with Crippen LogP contribution in [0, 0.1) is 5.92 Å². The van der Waals surface area contributed by atoms with Gasteiger partial charge in [0.25, 0.3) is 0 Å². The Hall–Kier alpha value is -1.01. The van der Waals surface area contributed by atoms with Gasteiger partial charge in [-0.25, -0.2) is 9.97 Å². The first-order chi connectivity index (χ1) is 7.52. The minimum absolute atomic E-state index is 0.215. The first-order valence-corrected chi connectivity index (χ1v) is 6.36. The lowest BCUT2D eigenvalue weighted by Gasteiger charge is -2.15. The Morgan fingerprint density at radius 2 is 2.19 bits per heavy atom. The fraction of sp³-hybridized carbons (Fsp3) is 0.600. The molecule has 0 aliphatic carbocycles. The number of aliphatic hydroxyl groups excluding tert-OH is 1. The monoisotopic (exact) mass is 242 g/mol. The third kappa shape index (κ3) is 3.86. The van der Waals surface area contributed by atoms with Crippen LogP contribution in [-0.4, -0.2) is 34.0 Å². The number of nitrogens with one attached hydrogen (secondary N) is 1. The fourth-order valence-electron chi connectivity index (χ4n) is 1.07. The van der Waals surface area contributed by atoms with Crippen LogP contribution in [0.15, 0.2) is 11.2 Å². The second-order valence-corrected chi connectivity index (χ2v) is 4.63. The van der Waals surface area contributed by atoms with Crippen LogP contribution < -0.4 is 11.1 Å². The van der Waals surface area contributed by atoms with E-state index in [1.807, 2.05) is 20.1 Å². The molecule has 6 heteroatoms. The second kappa shape index (κ2) is 5.91. The quantitative estimate of drug-likeness (QED) is 0.531. The topological polar surface area (TPSA) is 84.1 Å². The zero-order valence-corrected chi connectivity index (χ0v) is 10.6. The highest BCUT2D eigenvalue weighted by Gasteiger charge is 2.09. The third-order valence-corrected chi connectivity index (χ3v) is 2.72. The number of hydrogen-bond acceptors (Lipinski definition) is 6. The number of rotatable bonds is 5. The fourth-order valence-corrected chi connectivity index (χ4v) is 1.46. The molecule has 0 aliphatic rings. The van der Waals surface area contributed by atoms with Gasteiger partial charge in [0.15, 0.2) is 5.16 Å². The van der Waals surface area contributed by atoms with Crippen LogP contribution in [0.25, 0.3) is 0 Å². The molecule has 4 N–H and O–H groups in total. The molecule has 0 fully saturated rings. The van der Waals surface area contributed by atoms with Crippen molar-refractivity contribution in [1.29, 1.82) is 0 Å². The average molecular weight is 242 g/mol. The Morgan fingerprint density at radius 3 is 2.75 bits per heavy atom. The van der Waals surface area contributed by atoms with Crippen molar-refractivity contribution in [3.8, 4) is 0 Å². The molecule has 0 bridgehead atoms. The van der Waals surface area contributed by atoms with Gasteiger partial charge in [-0.3, -0.25) is 0 Å². The summed E-state index contributed by atoms with van der Waals surface area (Å²) in [4.78, 5) is 8.27. The summed E-state index contributed by atoms with van der Waals surface area (Å²) >= 11 is 1.43. The molecular formula is C10H18N4OS. The number of thioether (sulfide) groups is 1. The molecule has 0 amide bonds. The number of nitrogen functional groups attached to an aromatic ring is 1. The van der Waals surface area contributed by atoms with Gasteiger partial charge < -0.3 is 16.2 Å². The third-order valence-electron chi connectivity index (χ3n) is 2.17. The van der Waals surface area contributed by atoms with Gasteiger partial charge in [0.05, 0.1) is 6.10 Å². The van der Waals surface area contributed by atoms with Crippen molar-refractivity contribution >= 4 is 23.4 Å². The normalized spacial score (nSPS) is 12.8. The van der Waals surface area contributed by atoms with Crippen molar-refractivity contribution in [2.24, 2.45) is 5.92 Å². The van der Waals surface area contributed by atoms with E-state index in [9.17, 15) is 5.11 Å². The molecule has 0 saturated heterocycles. The van der Waals surface area contributed by atoms with Gasteiger partial charge in [0.2, 0.25) is 0 Å². The second-order valence-electron chi connectivity index (χ2n) is 3.86. The lowest BCUT2D eigenvalue weighted by molar-refractivity contribution is 0.138. The molecule has 0 saturated carbocycles. The minimum Gasteiger partial charge on any atom is -0.391 e. The smallest absolute Gasteiger partial charge is 0.191 e. The van der Waals surface area contributed by atoms with E-state index in [0.29, 0.717) is 23.3 Å². The number of nitrogens with two attached hydrogens (primary N) is 1. The van der Waals surface area contributed by atoms with Crippen molar-refractivity contribution in [2.45, 2.75) is 25.1 Å². The average Bonchev–Trinajstić information content (AvgIpc) is 2.24. The SMILES string of the molecule is CSc1nc(N)cc(NCC(O)C(C)C)n1. The van der Waals surface area contributed by atoms with Crippen LogP contribution in [0.2, 0.25) is 0 Å². The van der Waals surface area contributed by atoms with E-state index in [-0.39, 0.29) is 5.92 Å². The van der Waals surface area contributed by atoms with Gasteiger partial charge in [-0.05, 0) is 12.2 Å². The number of hydrogen-bond donors (Lipinski definition) is 3. The molecule has 0 aliphatic heterocycles. The van der Waals surface area contributed by atoms with E-state index in [0.717, 1.165) is 0 Å². The summed E-state index contributed by atoms with van der Waals surface area (Å²) in [6.45, 7) is 4.39. The summed E-state index contributed by atoms with van der Waals surface area (Å²) in [5, 5.41) is 13.3. The lowest BCUT2D eigenvalue weighted by Crippen LogP contribution is -2.25. The van der Waals surface area contributed by atoms with Crippen molar-refractivity contribution in [3.05, 3.63) is 6.07 Å². The summed E-state index contributed by atoms with van der Waals surface area (Å²) < 4.78 is 0. The predicted molar refractivity (Wildman–Crippen MR) is 67.6 cm³/mol. The standard InChI is InChI=1S/C10H18N4OS/c1-6(2)7(15)5-12-9-4-8(11)13-10(14-9)16-3/h4,6-7,15H,5H2,1-3H3,(H3,11,12,13,14). The molecule has 1 atom stereocenters. The number of nitrogens with zero attached hydrogens (tertiary/aromatic N) is 2. The molecule has 1 aromatic heterocycles. The van der Waals surface area contributed by atoms with Crippen molar-refractivity contribution < 1.29 is 5.11 Å². The van der Waals surface area contributed by atoms with Crippen LogP contribution in [0.5, 0.6) is 0 Å². The van der Waals surface area contributed by atoms with Crippen LogP contribution in [0.4, 0.5) is 11.6 Å². The highest BCUT2D eigenvalue weighted by atomic mass is 32.2. The first-order valence-electron chi connectivity index (χ1n) is 5.13. The van der Waals surface area contributed by atoms with Gasteiger partial charge in [-0.1, -0.05) is 25.6 Å². The highest BCUT2D eigenvalue weighted by molar-refractivity contribution is 7.98. The molecule has 1 heterocycles. The number of anilines is 2. The molecule has 0 aromatic carbocycles. The number of aliphatic hydroxyl groups is 1. The van der Waals surface area contributed by atoms with E-state index in [2.05, 4.69) is 15.3 Å². The molecule has 16 heavy (non-hydrogen) atoms. The summed E-state index contributed by atoms with van der Waals surface area (Å²) in [5.41, 5.74) is 5.63. The van der Waals surface area contributed by atoms with Gasteiger partial charge >= 0.3 is 0 Å². The molecule has 5 nitrogen and oxygen atoms in total. The van der Waals surface area contributed by atoms with Crippen LogP contribution in [-0.2, 0) is 0 Å². The van der Waals surface area contributed by atoms with Gasteiger partial charge in [-0.2, -0.15) is 0 Å².